The molecule has 156 valence electrons. The average molecular weight is 444 g/mol. The zero-order valence-electron chi connectivity index (χ0n) is 17.4. The highest BCUT2D eigenvalue weighted by Gasteiger charge is 2.15. The Morgan fingerprint density at radius 3 is 1.32 bits per heavy atom. The molecule has 31 heavy (non-hydrogen) atoms. The normalized spacial score (nSPS) is 12.9. The first-order valence-corrected chi connectivity index (χ1v) is 13.5. The summed E-state index contributed by atoms with van der Waals surface area (Å²) in [6.07, 6.45) is 9.67. The highest BCUT2D eigenvalue weighted by Crippen LogP contribution is 2.34. The van der Waals surface area contributed by atoms with Gasteiger partial charge < -0.3 is 4.74 Å². The maximum absolute atomic E-state index is 6.17. The summed E-state index contributed by atoms with van der Waals surface area (Å²) in [5.74, 6) is 0. The van der Waals surface area contributed by atoms with Crippen molar-refractivity contribution < 1.29 is 4.74 Å². The Labute approximate surface area is 187 Å². The molecule has 0 saturated carbocycles. The molecule has 2 aromatic heterocycles. The summed E-state index contributed by atoms with van der Waals surface area (Å²) in [6, 6.07) is 29.9. The Morgan fingerprint density at radius 2 is 0.935 bits per heavy atom. The number of hydrogen-bond donors (Lipinski definition) is 0. The van der Waals surface area contributed by atoms with E-state index in [1.165, 1.54) is 21.2 Å². The Morgan fingerprint density at radius 1 is 0.516 bits per heavy atom. The molecule has 2 heterocycles. The lowest BCUT2D eigenvalue weighted by molar-refractivity contribution is 0.166. The van der Waals surface area contributed by atoms with E-state index in [2.05, 4.69) is 82.8 Å². The van der Waals surface area contributed by atoms with Gasteiger partial charge in [0.05, 0.1) is 13.2 Å². The van der Waals surface area contributed by atoms with Gasteiger partial charge in [0.15, 0.2) is 0 Å². The van der Waals surface area contributed by atoms with Crippen LogP contribution >= 0.6 is 15.8 Å². The van der Waals surface area contributed by atoms with Gasteiger partial charge in [-0.05, 0) is 61.5 Å². The maximum Gasteiger partial charge on any atom is 0.0511 e. The summed E-state index contributed by atoms with van der Waals surface area (Å²) in [4.78, 5) is 8.68. The van der Waals surface area contributed by atoms with E-state index in [4.69, 9.17) is 4.74 Å². The van der Waals surface area contributed by atoms with Crippen molar-refractivity contribution in [3.05, 3.63) is 110 Å². The zero-order valence-corrected chi connectivity index (χ0v) is 19.2. The zero-order chi connectivity index (χ0) is 21.1. The molecule has 5 heteroatoms. The van der Waals surface area contributed by atoms with Crippen molar-refractivity contribution in [2.75, 3.05) is 25.5 Å². The summed E-state index contributed by atoms with van der Waals surface area (Å²) in [5.41, 5.74) is 0. The molecule has 2 atom stereocenters. The second kappa shape index (κ2) is 11.8. The number of hydrogen-bond acceptors (Lipinski definition) is 3. The van der Waals surface area contributed by atoms with Crippen molar-refractivity contribution in [1.82, 2.24) is 9.97 Å². The molecular weight excluding hydrogens is 418 g/mol. The van der Waals surface area contributed by atoms with E-state index in [0.717, 1.165) is 25.5 Å². The summed E-state index contributed by atoms with van der Waals surface area (Å²) in [5, 5.41) is 5.34. The Bertz CT molecular complexity index is 854. The number of pyridine rings is 2. The largest absolute Gasteiger partial charge is 0.381 e. The summed E-state index contributed by atoms with van der Waals surface area (Å²) in [6.45, 7) is 1.50. The van der Waals surface area contributed by atoms with Crippen molar-refractivity contribution in [2.24, 2.45) is 0 Å². The third kappa shape index (κ3) is 6.28. The number of benzene rings is 2. The number of nitrogens with zero attached hydrogens (tertiary/aromatic N) is 2. The van der Waals surface area contributed by atoms with E-state index < -0.39 is 15.8 Å². The second-order valence-corrected chi connectivity index (χ2v) is 11.7. The van der Waals surface area contributed by atoms with Gasteiger partial charge in [0.25, 0.3) is 0 Å². The summed E-state index contributed by atoms with van der Waals surface area (Å²) >= 11 is 0. The van der Waals surface area contributed by atoms with Crippen molar-refractivity contribution >= 4 is 37.1 Å². The highest BCUT2D eigenvalue weighted by atomic mass is 31.1. The molecule has 0 fully saturated rings. The predicted molar refractivity (Wildman–Crippen MR) is 134 cm³/mol. The lowest BCUT2D eigenvalue weighted by atomic mass is 10.4. The molecule has 0 spiro atoms. The van der Waals surface area contributed by atoms with Crippen LogP contribution in [0.4, 0.5) is 0 Å². The first kappa shape index (κ1) is 21.8. The fourth-order valence-electron chi connectivity index (χ4n) is 3.47. The molecule has 0 aliphatic heterocycles. The Kier molecular flexibility index (Phi) is 8.30. The summed E-state index contributed by atoms with van der Waals surface area (Å²) in [7, 11) is -0.925. The fraction of sp³-hybridized carbons (Fsp3) is 0.154. The molecule has 4 rings (SSSR count). The molecule has 0 radical (unpaired) electrons. The van der Waals surface area contributed by atoms with E-state index in [1.807, 2.05) is 36.9 Å². The number of ether oxygens (including phenoxy) is 1. The molecule has 0 N–H and O–H groups in total. The van der Waals surface area contributed by atoms with Crippen LogP contribution in [-0.2, 0) is 4.74 Å². The maximum atomic E-state index is 6.17. The van der Waals surface area contributed by atoms with Gasteiger partial charge in [-0.3, -0.25) is 9.97 Å². The van der Waals surface area contributed by atoms with E-state index in [-0.39, 0.29) is 0 Å². The highest BCUT2D eigenvalue weighted by molar-refractivity contribution is 7.73. The van der Waals surface area contributed by atoms with E-state index >= 15 is 0 Å². The molecule has 3 nitrogen and oxygen atoms in total. The smallest absolute Gasteiger partial charge is 0.0511 e. The molecule has 4 aromatic rings. The third-order valence-electron chi connectivity index (χ3n) is 4.97. The van der Waals surface area contributed by atoms with Crippen LogP contribution in [0.5, 0.6) is 0 Å². The predicted octanol–water partition coefficient (Wildman–Crippen LogP) is 4.06. The number of aromatic nitrogens is 2. The van der Waals surface area contributed by atoms with Crippen LogP contribution in [0.2, 0.25) is 0 Å². The Balaban J connectivity index is 1.37. The Hall–Kier alpha value is -2.44. The second-order valence-electron chi connectivity index (χ2n) is 7.01. The SMILES string of the molecule is c1ccc(P(CCOCCP(c2ccccc2)c2cccnc2)c2cccnc2)cc1. The quantitative estimate of drug-likeness (QED) is 0.273. The van der Waals surface area contributed by atoms with Gasteiger partial charge in [0.1, 0.15) is 0 Å². The van der Waals surface area contributed by atoms with Gasteiger partial charge in [-0.1, -0.05) is 72.8 Å². The number of rotatable bonds is 10. The van der Waals surface area contributed by atoms with Gasteiger partial charge >= 0.3 is 0 Å². The van der Waals surface area contributed by atoms with Crippen molar-refractivity contribution in [1.29, 1.82) is 0 Å². The van der Waals surface area contributed by atoms with Crippen molar-refractivity contribution in [2.45, 2.75) is 0 Å². The van der Waals surface area contributed by atoms with Crippen LogP contribution in [0.25, 0.3) is 0 Å². The molecule has 0 aliphatic rings. The molecule has 2 aromatic carbocycles. The van der Waals surface area contributed by atoms with E-state index in [9.17, 15) is 0 Å². The molecule has 0 saturated heterocycles. The van der Waals surface area contributed by atoms with E-state index in [0.29, 0.717) is 0 Å². The lowest BCUT2D eigenvalue weighted by Crippen LogP contribution is -2.19. The van der Waals surface area contributed by atoms with E-state index in [1.54, 1.807) is 0 Å². The van der Waals surface area contributed by atoms with Crippen molar-refractivity contribution in [3.8, 4) is 0 Å². The van der Waals surface area contributed by atoms with Crippen LogP contribution < -0.4 is 21.2 Å². The van der Waals surface area contributed by atoms with Gasteiger partial charge in [0, 0.05) is 24.8 Å². The minimum absolute atomic E-state index is 0.463. The van der Waals surface area contributed by atoms with Gasteiger partial charge in [-0.25, -0.2) is 0 Å². The van der Waals surface area contributed by atoms with Crippen LogP contribution in [0.1, 0.15) is 0 Å². The van der Waals surface area contributed by atoms with Gasteiger partial charge in [0.2, 0.25) is 0 Å². The average Bonchev–Trinajstić information content (AvgIpc) is 2.86. The van der Waals surface area contributed by atoms with Crippen LogP contribution in [0, 0.1) is 0 Å². The minimum atomic E-state index is -0.463. The monoisotopic (exact) mass is 444 g/mol. The molecule has 2 unspecified atom stereocenters. The van der Waals surface area contributed by atoms with Crippen LogP contribution in [0.15, 0.2) is 110 Å². The van der Waals surface area contributed by atoms with Gasteiger partial charge in [-0.15, -0.1) is 0 Å². The van der Waals surface area contributed by atoms with Gasteiger partial charge in [-0.2, -0.15) is 0 Å². The summed E-state index contributed by atoms with van der Waals surface area (Å²) < 4.78 is 6.17. The standard InChI is InChI=1S/C26H26N2OP2/c1-3-9-23(10-4-1)30(25-13-7-15-27-21-25)19-17-29-18-20-31(24-11-5-2-6-12-24)26-14-8-16-28-22-26/h1-16,21-22H,17-20H2. The fourth-order valence-corrected chi connectivity index (χ4v) is 7.73. The molecule has 0 bridgehead atoms. The first-order valence-electron chi connectivity index (χ1n) is 10.4. The lowest BCUT2D eigenvalue weighted by Gasteiger charge is -2.20. The third-order valence-corrected chi connectivity index (χ3v) is 9.85. The van der Waals surface area contributed by atoms with Crippen LogP contribution in [-0.4, -0.2) is 35.5 Å². The van der Waals surface area contributed by atoms with Crippen LogP contribution in [0.3, 0.4) is 0 Å². The topological polar surface area (TPSA) is 35.0 Å². The van der Waals surface area contributed by atoms with Crippen molar-refractivity contribution in [3.63, 3.8) is 0 Å². The molecule has 0 aliphatic carbocycles. The molecular formula is C26H26N2OP2. The first-order chi connectivity index (χ1) is 15.4. The molecule has 0 amide bonds. The minimum Gasteiger partial charge on any atom is -0.381 e.